The van der Waals surface area contributed by atoms with Gasteiger partial charge in [-0.05, 0) is 26.7 Å². The van der Waals surface area contributed by atoms with Crippen molar-refractivity contribution in [3.8, 4) is 6.07 Å². The Balaban J connectivity index is 3.66. The van der Waals surface area contributed by atoms with Crippen LogP contribution in [0.2, 0.25) is 0 Å². The van der Waals surface area contributed by atoms with Gasteiger partial charge in [0.15, 0.2) is 0 Å². The fourth-order valence-corrected chi connectivity index (χ4v) is 0.898. The van der Waals surface area contributed by atoms with Crippen LogP contribution in [-0.4, -0.2) is 18.4 Å². The molecular weight excluding hydrogens is 194 g/mol. The first-order chi connectivity index (χ1) is 6.90. The zero-order valence-corrected chi connectivity index (χ0v) is 9.17. The van der Waals surface area contributed by atoms with Crippen LogP contribution in [0, 0.1) is 16.7 Å². The number of primary amides is 1. The van der Waals surface area contributed by atoms with Crippen molar-refractivity contribution in [1.29, 1.82) is 5.26 Å². The van der Waals surface area contributed by atoms with Gasteiger partial charge in [-0.3, -0.25) is 9.59 Å². The number of carbonyl (C=O) groups is 2. The zero-order chi connectivity index (χ0) is 11.9. The molecule has 0 aromatic carbocycles. The fourth-order valence-electron chi connectivity index (χ4n) is 0.898. The lowest BCUT2D eigenvalue weighted by Gasteiger charge is -2.14. The molecule has 0 rings (SSSR count). The van der Waals surface area contributed by atoms with Gasteiger partial charge in [0.05, 0.1) is 6.07 Å². The van der Waals surface area contributed by atoms with Crippen LogP contribution in [-0.2, 0) is 9.59 Å². The summed E-state index contributed by atoms with van der Waals surface area (Å²) in [5.41, 5.74) is 3.96. The molecule has 84 valence electrons. The summed E-state index contributed by atoms with van der Waals surface area (Å²) in [6, 6.07) is 1.91. The van der Waals surface area contributed by atoms with Gasteiger partial charge < -0.3 is 11.1 Å². The first-order valence-electron chi connectivity index (χ1n) is 4.88. The smallest absolute Gasteiger partial charge is 0.239 e. The van der Waals surface area contributed by atoms with E-state index in [0.29, 0.717) is 25.8 Å². The number of nitrogens with two attached hydrogens (primary N) is 1. The number of nitrogens with zero attached hydrogens (tertiary/aromatic N) is 1. The summed E-state index contributed by atoms with van der Waals surface area (Å²) >= 11 is 0. The quantitative estimate of drug-likeness (QED) is 0.619. The Hall–Kier alpha value is -1.57. The van der Waals surface area contributed by atoms with Crippen molar-refractivity contribution in [2.24, 2.45) is 11.1 Å². The maximum absolute atomic E-state index is 11.4. The molecule has 0 saturated carbocycles. The second-order valence-corrected chi connectivity index (χ2v) is 3.92. The van der Waals surface area contributed by atoms with Crippen LogP contribution in [0.5, 0.6) is 0 Å². The van der Waals surface area contributed by atoms with E-state index in [2.05, 4.69) is 5.32 Å². The molecular formula is C10H17N3O2. The Morgan fingerprint density at radius 2 is 2.00 bits per heavy atom. The van der Waals surface area contributed by atoms with Crippen LogP contribution in [0.4, 0.5) is 0 Å². The topological polar surface area (TPSA) is 96.0 Å². The minimum absolute atomic E-state index is 0.288. The number of carbonyl (C=O) groups excluding carboxylic acids is 2. The molecule has 0 aliphatic rings. The number of nitrogens with one attached hydrogen (secondary N) is 1. The lowest BCUT2D eigenvalue weighted by atomic mass is 9.95. The van der Waals surface area contributed by atoms with Gasteiger partial charge in [0.25, 0.3) is 0 Å². The highest BCUT2D eigenvalue weighted by atomic mass is 16.2. The predicted octanol–water partition coefficient (Wildman–Crippen LogP) is 0.308. The summed E-state index contributed by atoms with van der Waals surface area (Å²) in [5, 5.41) is 11.3. The highest BCUT2D eigenvalue weighted by molar-refractivity contribution is 5.84. The molecule has 3 N–H and O–H groups in total. The van der Waals surface area contributed by atoms with Gasteiger partial charge in [-0.2, -0.15) is 5.26 Å². The van der Waals surface area contributed by atoms with Crippen LogP contribution >= 0.6 is 0 Å². The summed E-state index contributed by atoms with van der Waals surface area (Å²) in [6.07, 6.45) is 1.68. The molecule has 0 fully saturated rings. The third-order valence-corrected chi connectivity index (χ3v) is 1.98. The molecule has 0 unspecified atom stereocenters. The average Bonchev–Trinajstić information content (AvgIpc) is 2.16. The van der Waals surface area contributed by atoms with Gasteiger partial charge >= 0.3 is 0 Å². The second kappa shape index (κ2) is 6.02. The van der Waals surface area contributed by atoms with Gasteiger partial charge in [-0.25, -0.2) is 0 Å². The van der Waals surface area contributed by atoms with Crippen molar-refractivity contribution >= 4 is 11.8 Å². The molecule has 0 aliphatic heterocycles. The first-order valence-corrected chi connectivity index (χ1v) is 4.88. The Bertz CT molecular complexity index is 279. The van der Waals surface area contributed by atoms with Crippen LogP contribution in [0.3, 0.4) is 0 Å². The molecule has 0 radical (unpaired) electrons. The molecule has 0 aromatic rings. The molecule has 0 bridgehead atoms. The zero-order valence-electron chi connectivity index (χ0n) is 9.17. The monoisotopic (exact) mass is 211 g/mol. The van der Waals surface area contributed by atoms with Gasteiger partial charge in [-0.15, -0.1) is 0 Å². The lowest BCUT2D eigenvalue weighted by Crippen LogP contribution is -2.36. The summed E-state index contributed by atoms with van der Waals surface area (Å²) in [7, 11) is 0. The molecule has 0 heterocycles. The Labute approximate surface area is 89.6 Å². The van der Waals surface area contributed by atoms with Gasteiger partial charge in [0.2, 0.25) is 11.8 Å². The van der Waals surface area contributed by atoms with Crippen LogP contribution in [0.1, 0.15) is 33.1 Å². The van der Waals surface area contributed by atoms with Gasteiger partial charge in [0.1, 0.15) is 5.41 Å². The predicted molar refractivity (Wildman–Crippen MR) is 55.4 cm³/mol. The Morgan fingerprint density at radius 3 is 2.47 bits per heavy atom. The first kappa shape index (κ1) is 13.4. The highest BCUT2D eigenvalue weighted by Crippen LogP contribution is 2.12. The van der Waals surface area contributed by atoms with Gasteiger partial charge in [-0.1, -0.05) is 0 Å². The van der Waals surface area contributed by atoms with Crippen LogP contribution in [0.15, 0.2) is 0 Å². The maximum atomic E-state index is 11.4. The SMILES string of the molecule is CC(C)(C#N)C(=O)NCCCCC(N)=O. The summed E-state index contributed by atoms with van der Waals surface area (Å²) in [6.45, 7) is 3.59. The molecule has 5 heteroatoms. The molecule has 0 saturated heterocycles. The van der Waals surface area contributed by atoms with E-state index in [1.54, 1.807) is 13.8 Å². The minimum Gasteiger partial charge on any atom is -0.370 e. The summed E-state index contributed by atoms with van der Waals surface area (Å²) < 4.78 is 0. The normalized spacial score (nSPS) is 10.5. The van der Waals surface area contributed by atoms with E-state index in [1.807, 2.05) is 6.07 Å². The second-order valence-electron chi connectivity index (χ2n) is 3.92. The van der Waals surface area contributed by atoms with E-state index in [4.69, 9.17) is 11.0 Å². The lowest BCUT2D eigenvalue weighted by molar-refractivity contribution is -0.126. The maximum Gasteiger partial charge on any atom is 0.239 e. The number of rotatable bonds is 6. The molecule has 0 aliphatic carbocycles. The molecule has 5 nitrogen and oxygen atoms in total. The van der Waals surface area contributed by atoms with E-state index in [1.165, 1.54) is 0 Å². The molecule has 15 heavy (non-hydrogen) atoms. The number of hydrogen-bond acceptors (Lipinski definition) is 3. The third kappa shape index (κ3) is 5.68. The van der Waals surface area contributed by atoms with E-state index < -0.39 is 5.41 Å². The molecule has 2 amide bonds. The van der Waals surface area contributed by atoms with E-state index in [9.17, 15) is 9.59 Å². The number of hydrogen-bond donors (Lipinski definition) is 2. The molecule has 0 atom stereocenters. The van der Waals surface area contributed by atoms with E-state index in [-0.39, 0.29) is 11.8 Å². The van der Waals surface area contributed by atoms with Crippen LogP contribution in [0.25, 0.3) is 0 Å². The van der Waals surface area contributed by atoms with Crippen molar-refractivity contribution in [3.05, 3.63) is 0 Å². The Morgan fingerprint density at radius 1 is 1.40 bits per heavy atom. The van der Waals surface area contributed by atoms with Crippen molar-refractivity contribution < 1.29 is 9.59 Å². The number of amides is 2. The highest BCUT2D eigenvalue weighted by Gasteiger charge is 2.26. The van der Waals surface area contributed by atoms with Crippen molar-refractivity contribution in [3.63, 3.8) is 0 Å². The average molecular weight is 211 g/mol. The van der Waals surface area contributed by atoms with Gasteiger partial charge in [0, 0.05) is 13.0 Å². The van der Waals surface area contributed by atoms with E-state index in [0.717, 1.165) is 0 Å². The number of unbranched alkanes of at least 4 members (excludes halogenated alkanes) is 1. The fraction of sp³-hybridized carbons (Fsp3) is 0.700. The minimum atomic E-state index is -0.996. The summed E-state index contributed by atoms with van der Waals surface area (Å²) in [5.74, 6) is -0.622. The van der Waals surface area contributed by atoms with Crippen LogP contribution < -0.4 is 11.1 Å². The van der Waals surface area contributed by atoms with Crippen molar-refractivity contribution in [2.75, 3.05) is 6.54 Å². The molecule has 0 spiro atoms. The third-order valence-electron chi connectivity index (χ3n) is 1.98. The van der Waals surface area contributed by atoms with Crippen molar-refractivity contribution in [2.45, 2.75) is 33.1 Å². The van der Waals surface area contributed by atoms with Crippen molar-refractivity contribution in [1.82, 2.24) is 5.32 Å². The number of nitriles is 1. The standard InChI is InChI=1S/C10H17N3O2/c1-10(2,7-11)9(15)13-6-4-3-5-8(12)14/h3-6H2,1-2H3,(H2,12,14)(H,13,15). The van der Waals surface area contributed by atoms with E-state index >= 15 is 0 Å². The summed E-state index contributed by atoms with van der Waals surface area (Å²) in [4.78, 5) is 21.8. The molecule has 0 aromatic heterocycles. The Kier molecular flexibility index (Phi) is 5.39. The largest absolute Gasteiger partial charge is 0.370 e.